The molecule has 0 radical (unpaired) electrons. The van der Waals surface area contributed by atoms with Gasteiger partial charge in [0, 0.05) is 30.1 Å². The predicted octanol–water partition coefficient (Wildman–Crippen LogP) is 2.33. The van der Waals surface area contributed by atoms with E-state index in [4.69, 9.17) is 6.42 Å². The summed E-state index contributed by atoms with van der Waals surface area (Å²) < 4.78 is 26.4. The zero-order valence-corrected chi connectivity index (χ0v) is 16.7. The average molecular weight is 410 g/mol. The number of Topliss-reactive ketones (excluding diaryl/α,β-unsaturated/α-hetero) is 1. The molecule has 6 nitrogen and oxygen atoms in total. The number of amides is 1. The zero-order chi connectivity index (χ0) is 20.9. The van der Waals surface area contributed by atoms with E-state index >= 15 is 0 Å². The largest absolute Gasteiger partial charge is 0.339 e. The van der Waals surface area contributed by atoms with E-state index in [9.17, 15) is 18.0 Å². The first-order valence-electron chi connectivity index (χ1n) is 9.34. The highest BCUT2D eigenvalue weighted by Gasteiger charge is 2.28. The Morgan fingerprint density at radius 1 is 1.00 bits per heavy atom. The Balaban J connectivity index is 1.61. The van der Waals surface area contributed by atoms with Crippen LogP contribution < -0.4 is 4.72 Å². The third kappa shape index (κ3) is 4.91. The van der Waals surface area contributed by atoms with Crippen molar-refractivity contribution in [1.29, 1.82) is 0 Å². The fourth-order valence-corrected chi connectivity index (χ4v) is 4.30. The van der Waals surface area contributed by atoms with Gasteiger partial charge >= 0.3 is 0 Å². The van der Waals surface area contributed by atoms with Gasteiger partial charge in [-0.25, -0.2) is 8.42 Å². The number of carbonyl (C=O) groups is 2. The summed E-state index contributed by atoms with van der Waals surface area (Å²) in [7, 11) is -3.69. The highest BCUT2D eigenvalue weighted by atomic mass is 32.2. The van der Waals surface area contributed by atoms with Crippen molar-refractivity contribution in [2.75, 3.05) is 19.6 Å². The van der Waals surface area contributed by atoms with Crippen LogP contribution in [0.5, 0.6) is 0 Å². The second-order valence-corrected chi connectivity index (χ2v) is 8.62. The number of ketones is 1. The Hall–Kier alpha value is -2.95. The molecule has 150 valence electrons. The third-order valence-electron chi connectivity index (χ3n) is 4.99. The second-order valence-electron chi connectivity index (χ2n) is 6.85. The van der Waals surface area contributed by atoms with Crippen molar-refractivity contribution >= 4 is 21.7 Å². The van der Waals surface area contributed by atoms with E-state index < -0.39 is 10.0 Å². The number of hydrogen-bond donors (Lipinski definition) is 1. The minimum absolute atomic E-state index is 0.0523. The predicted molar refractivity (Wildman–Crippen MR) is 110 cm³/mol. The van der Waals surface area contributed by atoms with E-state index in [-0.39, 0.29) is 29.0 Å². The lowest BCUT2D eigenvalue weighted by Crippen LogP contribution is -2.40. The Labute approximate surface area is 171 Å². The van der Waals surface area contributed by atoms with E-state index in [0.717, 1.165) is 0 Å². The minimum atomic E-state index is -3.69. The van der Waals surface area contributed by atoms with Crippen molar-refractivity contribution in [3.8, 4) is 12.3 Å². The summed E-state index contributed by atoms with van der Waals surface area (Å²) in [5, 5.41) is 0. The topological polar surface area (TPSA) is 83.6 Å². The highest BCUT2D eigenvalue weighted by Crippen LogP contribution is 2.23. The smallest absolute Gasteiger partial charge is 0.253 e. The number of hydrogen-bond acceptors (Lipinski definition) is 4. The van der Waals surface area contributed by atoms with Crippen molar-refractivity contribution in [2.24, 2.45) is 5.92 Å². The first-order chi connectivity index (χ1) is 13.9. The Morgan fingerprint density at radius 3 is 2.21 bits per heavy atom. The van der Waals surface area contributed by atoms with E-state index in [1.807, 2.05) is 30.3 Å². The molecule has 3 rings (SSSR count). The summed E-state index contributed by atoms with van der Waals surface area (Å²) in [4.78, 5) is 27.1. The van der Waals surface area contributed by atoms with Gasteiger partial charge in [0.15, 0.2) is 5.78 Å². The summed E-state index contributed by atoms with van der Waals surface area (Å²) in [6.45, 7) is 0.886. The van der Waals surface area contributed by atoms with E-state index in [0.29, 0.717) is 37.1 Å². The van der Waals surface area contributed by atoms with E-state index in [1.54, 1.807) is 4.90 Å². The Kier molecular flexibility index (Phi) is 6.47. The summed E-state index contributed by atoms with van der Waals surface area (Å²) in [5.74, 6) is 2.07. The van der Waals surface area contributed by atoms with Gasteiger partial charge < -0.3 is 4.90 Å². The molecule has 29 heavy (non-hydrogen) atoms. The fraction of sp³-hybridized carbons (Fsp3) is 0.273. The van der Waals surface area contributed by atoms with E-state index in [2.05, 4.69) is 10.6 Å². The van der Waals surface area contributed by atoms with Crippen LogP contribution in [0.1, 0.15) is 33.6 Å². The molecule has 0 atom stereocenters. The van der Waals surface area contributed by atoms with Crippen molar-refractivity contribution in [1.82, 2.24) is 9.62 Å². The number of likely N-dealkylation sites (tertiary alicyclic amines) is 1. The van der Waals surface area contributed by atoms with Crippen molar-refractivity contribution in [3.05, 3.63) is 65.7 Å². The Morgan fingerprint density at radius 2 is 1.62 bits per heavy atom. The summed E-state index contributed by atoms with van der Waals surface area (Å²) in [6, 6.07) is 15.0. The highest BCUT2D eigenvalue weighted by molar-refractivity contribution is 7.89. The molecule has 0 bridgehead atoms. The number of carbonyl (C=O) groups excluding carboxylic acids is 2. The average Bonchev–Trinajstić information content (AvgIpc) is 2.77. The zero-order valence-electron chi connectivity index (χ0n) is 15.9. The Bertz CT molecular complexity index is 1020. The van der Waals surface area contributed by atoms with Gasteiger partial charge in [0.25, 0.3) is 5.91 Å². The number of sulfonamides is 1. The number of piperidine rings is 1. The van der Waals surface area contributed by atoms with Gasteiger partial charge in [-0.3, -0.25) is 9.59 Å². The number of rotatable bonds is 6. The molecule has 0 saturated carbocycles. The van der Waals surface area contributed by atoms with Crippen LogP contribution in [-0.2, 0) is 10.0 Å². The van der Waals surface area contributed by atoms with Gasteiger partial charge in [-0.1, -0.05) is 36.3 Å². The maximum atomic E-state index is 12.7. The summed E-state index contributed by atoms with van der Waals surface area (Å²) in [5.41, 5.74) is 1.11. The van der Waals surface area contributed by atoms with Crippen LogP contribution in [0.4, 0.5) is 0 Å². The van der Waals surface area contributed by atoms with Gasteiger partial charge in [0.1, 0.15) is 0 Å². The maximum Gasteiger partial charge on any atom is 0.253 e. The van der Waals surface area contributed by atoms with Crippen molar-refractivity contribution in [3.63, 3.8) is 0 Å². The number of terminal acetylenes is 1. The van der Waals surface area contributed by atoms with Gasteiger partial charge in [-0.05, 0) is 37.1 Å². The maximum absolute atomic E-state index is 12.7. The van der Waals surface area contributed by atoms with Crippen LogP contribution in [0.15, 0.2) is 59.5 Å². The van der Waals surface area contributed by atoms with Crippen LogP contribution in [-0.4, -0.2) is 44.6 Å². The first-order valence-corrected chi connectivity index (χ1v) is 10.8. The molecule has 0 aromatic heterocycles. The quantitative estimate of drug-likeness (QED) is 0.585. The normalized spacial score (nSPS) is 14.9. The fourth-order valence-electron chi connectivity index (χ4n) is 3.36. The molecule has 0 spiro atoms. The lowest BCUT2D eigenvalue weighted by atomic mass is 9.88. The molecule has 1 saturated heterocycles. The minimum Gasteiger partial charge on any atom is -0.339 e. The molecule has 7 heteroatoms. The molecule has 1 fully saturated rings. The van der Waals surface area contributed by atoms with Crippen molar-refractivity contribution in [2.45, 2.75) is 17.7 Å². The lowest BCUT2D eigenvalue weighted by molar-refractivity contribution is 0.0650. The number of nitrogens with one attached hydrogen (secondary N) is 1. The van der Waals surface area contributed by atoms with Crippen LogP contribution in [0, 0.1) is 18.3 Å². The van der Waals surface area contributed by atoms with Gasteiger partial charge in [0.2, 0.25) is 10.0 Å². The SMILES string of the molecule is C#CCNS(=O)(=O)c1ccc(C(=O)N2CCC(C(=O)c3ccccc3)CC2)cc1. The molecule has 0 unspecified atom stereocenters. The molecule has 1 amide bonds. The van der Waals surface area contributed by atoms with Crippen molar-refractivity contribution < 1.29 is 18.0 Å². The first kappa shape index (κ1) is 20.8. The monoisotopic (exact) mass is 410 g/mol. The number of nitrogens with zero attached hydrogens (tertiary/aromatic N) is 1. The number of benzene rings is 2. The van der Waals surface area contributed by atoms with Crippen LogP contribution in [0.2, 0.25) is 0 Å². The molecule has 2 aromatic rings. The van der Waals surface area contributed by atoms with Crippen LogP contribution >= 0.6 is 0 Å². The summed E-state index contributed by atoms with van der Waals surface area (Å²) >= 11 is 0. The van der Waals surface area contributed by atoms with E-state index in [1.165, 1.54) is 24.3 Å². The molecule has 1 aliphatic rings. The molecule has 1 heterocycles. The lowest BCUT2D eigenvalue weighted by Gasteiger charge is -2.31. The molecule has 2 aromatic carbocycles. The second kappa shape index (κ2) is 9.03. The molecule has 1 aliphatic heterocycles. The summed E-state index contributed by atoms with van der Waals surface area (Å²) in [6.07, 6.45) is 6.30. The molecular weight excluding hydrogens is 388 g/mol. The van der Waals surface area contributed by atoms with Gasteiger partial charge in [-0.15, -0.1) is 6.42 Å². The molecular formula is C22H22N2O4S. The van der Waals surface area contributed by atoms with Gasteiger partial charge in [0.05, 0.1) is 11.4 Å². The van der Waals surface area contributed by atoms with Crippen LogP contribution in [0.3, 0.4) is 0 Å². The molecule has 1 N–H and O–H groups in total. The third-order valence-corrected chi connectivity index (χ3v) is 6.40. The van der Waals surface area contributed by atoms with Crippen LogP contribution in [0.25, 0.3) is 0 Å². The van der Waals surface area contributed by atoms with Gasteiger partial charge in [-0.2, -0.15) is 4.72 Å². The molecule has 0 aliphatic carbocycles. The standard InChI is InChI=1S/C22H22N2O4S/c1-2-14-23-29(27,28)20-10-8-19(9-11-20)22(26)24-15-12-18(13-16-24)21(25)17-6-4-3-5-7-17/h1,3-11,18,23H,12-16H2.